The van der Waals surface area contributed by atoms with Crippen LogP contribution in [0.15, 0.2) is 28.8 Å². The van der Waals surface area contributed by atoms with Crippen LogP contribution in [0.1, 0.15) is 16.8 Å². The van der Waals surface area contributed by atoms with Gasteiger partial charge in [-0.25, -0.2) is 4.98 Å². The molecule has 3 rings (SSSR count). The van der Waals surface area contributed by atoms with Crippen molar-refractivity contribution in [3.63, 3.8) is 0 Å². The molecule has 0 amide bonds. The number of hydrogen-bond acceptors (Lipinski definition) is 5. The van der Waals surface area contributed by atoms with Gasteiger partial charge in [-0.2, -0.15) is 0 Å². The zero-order chi connectivity index (χ0) is 15.0. The quantitative estimate of drug-likeness (QED) is 0.746. The second-order valence-electron chi connectivity index (χ2n) is 4.86. The first-order chi connectivity index (χ1) is 10.1. The van der Waals surface area contributed by atoms with Crippen LogP contribution in [-0.2, 0) is 6.54 Å². The summed E-state index contributed by atoms with van der Waals surface area (Å²) in [5.74, 6) is 0.817. The molecule has 0 radical (unpaired) electrons. The number of thiophene rings is 1. The maximum Gasteiger partial charge on any atom is 0.262 e. The van der Waals surface area contributed by atoms with E-state index in [0.717, 1.165) is 27.4 Å². The number of pyridine rings is 1. The smallest absolute Gasteiger partial charge is 0.262 e. The Morgan fingerprint density at radius 3 is 2.90 bits per heavy atom. The lowest BCUT2D eigenvalue weighted by Crippen LogP contribution is -2.21. The van der Waals surface area contributed by atoms with Crippen LogP contribution in [0.3, 0.4) is 0 Å². The lowest BCUT2D eigenvalue weighted by atomic mass is 10.1. The second-order valence-corrected chi connectivity index (χ2v) is 5.76. The van der Waals surface area contributed by atoms with Crippen molar-refractivity contribution in [2.24, 2.45) is 0 Å². The summed E-state index contributed by atoms with van der Waals surface area (Å²) in [5, 5.41) is 2.53. The van der Waals surface area contributed by atoms with E-state index in [1.165, 1.54) is 11.3 Å². The number of aryl methyl sites for hydroxylation is 1. The molecule has 0 aliphatic heterocycles. The van der Waals surface area contributed by atoms with Crippen molar-refractivity contribution in [2.45, 2.75) is 20.4 Å². The number of methoxy groups -OCH3 is 1. The van der Waals surface area contributed by atoms with Crippen LogP contribution in [-0.4, -0.2) is 21.6 Å². The second kappa shape index (κ2) is 5.29. The third kappa shape index (κ3) is 2.31. The topological polar surface area (TPSA) is 57.0 Å². The molecule has 21 heavy (non-hydrogen) atoms. The van der Waals surface area contributed by atoms with Gasteiger partial charge < -0.3 is 4.74 Å². The Morgan fingerprint density at radius 1 is 1.33 bits per heavy atom. The molecule has 0 unspecified atom stereocenters. The molecule has 0 bridgehead atoms. The van der Waals surface area contributed by atoms with Gasteiger partial charge in [-0.05, 0) is 25.3 Å². The van der Waals surface area contributed by atoms with E-state index >= 15 is 0 Å². The molecule has 0 atom stereocenters. The Labute approximate surface area is 125 Å². The van der Waals surface area contributed by atoms with Gasteiger partial charge in [0.25, 0.3) is 5.56 Å². The summed E-state index contributed by atoms with van der Waals surface area (Å²) in [5.41, 5.74) is 2.71. The molecule has 3 heterocycles. The fourth-order valence-electron chi connectivity index (χ4n) is 2.40. The number of fused-ring (bicyclic) bond motifs is 1. The van der Waals surface area contributed by atoms with Crippen LogP contribution in [0.4, 0.5) is 0 Å². The largest absolute Gasteiger partial charge is 0.496 e. The van der Waals surface area contributed by atoms with E-state index in [0.29, 0.717) is 11.9 Å². The molecule has 108 valence electrons. The standard InChI is InChI=1S/C15H15N3O2S/c1-9-6-16-12(10(2)13(9)20-3)7-18-8-17-14-11(15(18)19)4-5-21-14/h4-6,8H,7H2,1-3H3. The first-order valence-electron chi connectivity index (χ1n) is 6.53. The van der Waals surface area contributed by atoms with Crippen molar-refractivity contribution >= 4 is 21.6 Å². The van der Waals surface area contributed by atoms with Crippen LogP contribution >= 0.6 is 11.3 Å². The maximum atomic E-state index is 12.4. The van der Waals surface area contributed by atoms with Crippen molar-refractivity contribution in [3.05, 3.63) is 51.1 Å². The molecular weight excluding hydrogens is 286 g/mol. The molecule has 0 fully saturated rings. The molecular formula is C15H15N3O2S. The highest BCUT2D eigenvalue weighted by atomic mass is 32.1. The van der Waals surface area contributed by atoms with Crippen LogP contribution in [0.5, 0.6) is 5.75 Å². The molecule has 0 spiro atoms. The number of ether oxygens (including phenoxy) is 1. The van der Waals surface area contributed by atoms with Gasteiger partial charge in [0.05, 0.1) is 31.1 Å². The predicted molar refractivity (Wildman–Crippen MR) is 83.2 cm³/mol. The Kier molecular flexibility index (Phi) is 3.47. The van der Waals surface area contributed by atoms with Gasteiger partial charge in [-0.15, -0.1) is 11.3 Å². The monoisotopic (exact) mass is 301 g/mol. The lowest BCUT2D eigenvalue weighted by Gasteiger charge is -2.13. The number of rotatable bonds is 3. The molecule has 0 aromatic carbocycles. The zero-order valence-corrected chi connectivity index (χ0v) is 12.9. The molecule has 0 saturated heterocycles. The SMILES string of the molecule is COc1c(C)cnc(Cn2cnc3sccc3c2=O)c1C. The summed E-state index contributed by atoms with van der Waals surface area (Å²) in [6.07, 6.45) is 3.34. The first-order valence-corrected chi connectivity index (χ1v) is 7.41. The van der Waals surface area contributed by atoms with Crippen LogP contribution < -0.4 is 10.3 Å². The fraction of sp³-hybridized carbons (Fsp3) is 0.267. The van der Waals surface area contributed by atoms with Gasteiger partial charge in [-0.3, -0.25) is 14.3 Å². The van der Waals surface area contributed by atoms with E-state index in [4.69, 9.17) is 4.74 Å². The summed E-state index contributed by atoms with van der Waals surface area (Å²) in [4.78, 5) is 21.9. The minimum atomic E-state index is -0.0398. The van der Waals surface area contributed by atoms with Gasteiger partial charge in [0.2, 0.25) is 0 Å². The molecule has 3 aromatic heterocycles. The van der Waals surface area contributed by atoms with Crippen LogP contribution in [0.25, 0.3) is 10.2 Å². The molecule has 3 aromatic rings. The molecule has 0 N–H and O–H groups in total. The lowest BCUT2D eigenvalue weighted by molar-refractivity contribution is 0.406. The molecule has 0 aliphatic rings. The Bertz CT molecular complexity index is 867. The summed E-state index contributed by atoms with van der Waals surface area (Å²) in [6, 6.07) is 1.81. The molecule has 5 nitrogen and oxygen atoms in total. The van der Waals surface area contributed by atoms with E-state index in [1.54, 1.807) is 24.2 Å². The minimum absolute atomic E-state index is 0.0398. The van der Waals surface area contributed by atoms with E-state index in [-0.39, 0.29) is 5.56 Å². The van der Waals surface area contributed by atoms with Crippen molar-refractivity contribution in [1.82, 2.24) is 14.5 Å². The number of nitrogens with zero attached hydrogens (tertiary/aromatic N) is 3. The summed E-state index contributed by atoms with van der Waals surface area (Å²) < 4.78 is 6.98. The van der Waals surface area contributed by atoms with Crippen LogP contribution in [0, 0.1) is 13.8 Å². The van der Waals surface area contributed by atoms with E-state index in [9.17, 15) is 4.79 Å². The maximum absolute atomic E-state index is 12.4. The van der Waals surface area contributed by atoms with Gasteiger partial charge in [0.15, 0.2) is 0 Å². The van der Waals surface area contributed by atoms with E-state index in [2.05, 4.69) is 9.97 Å². The van der Waals surface area contributed by atoms with Gasteiger partial charge in [0, 0.05) is 17.3 Å². The zero-order valence-electron chi connectivity index (χ0n) is 12.1. The highest BCUT2D eigenvalue weighted by Gasteiger charge is 2.12. The Morgan fingerprint density at radius 2 is 2.14 bits per heavy atom. The van der Waals surface area contributed by atoms with E-state index in [1.807, 2.05) is 25.3 Å². The summed E-state index contributed by atoms with van der Waals surface area (Å²) in [7, 11) is 1.64. The van der Waals surface area contributed by atoms with Crippen molar-refractivity contribution < 1.29 is 4.74 Å². The molecule has 6 heteroatoms. The van der Waals surface area contributed by atoms with Gasteiger partial charge >= 0.3 is 0 Å². The Balaban J connectivity index is 2.06. The predicted octanol–water partition coefficient (Wildman–Crippen LogP) is 2.53. The Hall–Kier alpha value is -2.21. The average Bonchev–Trinajstić information content (AvgIpc) is 2.94. The highest BCUT2D eigenvalue weighted by molar-refractivity contribution is 7.16. The normalized spacial score (nSPS) is 11.0. The van der Waals surface area contributed by atoms with Crippen molar-refractivity contribution in [2.75, 3.05) is 7.11 Å². The van der Waals surface area contributed by atoms with Crippen LogP contribution in [0.2, 0.25) is 0 Å². The summed E-state index contributed by atoms with van der Waals surface area (Å²) in [6.45, 7) is 4.30. The van der Waals surface area contributed by atoms with Crippen molar-refractivity contribution in [1.29, 1.82) is 0 Å². The first kappa shape index (κ1) is 13.8. The minimum Gasteiger partial charge on any atom is -0.496 e. The van der Waals surface area contributed by atoms with Gasteiger partial charge in [0.1, 0.15) is 10.6 Å². The van der Waals surface area contributed by atoms with E-state index < -0.39 is 0 Å². The molecule has 0 aliphatic carbocycles. The third-order valence-corrected chi connectivity index (χ3v) is 4.34. The summed E-state index contributed by atoms with van der Waals surface area (Å²) >= 11 is 1.47. The third-order valence-electron chi connectivity index (χ3n) is 3.52. The fourth-order valence-corrected chi connectivity index (χ4v) is 3.12. The average molecular weight is 301 g/mol. The van der Waals surface area contributed by atoms with Crippen molar-refractivity contribution in [3.8, 4) is 5.75 Å². The number of hydrogen-bond donors (Lipinski definition) is 0. The molecule has 0 saturated carbocycles. The highest BCUT2D eigenvalue weighted by Crippen LogP contribution is 2.24. The van der Waals surface area contributed by atoms with Gasteiger partial charge in [-0.1, -0.05) is 0 Å². The number of aromatic nitrogens is 3.